The van der Waals surface area contributed by atoms with Crippen LogP contribution in [-0.2, 0) is 0 Å². The molecule has 1 aliphatic rings. The Labute approximate surface area is 134 Å². The first-order chi connectivity index (χ1) is 10.1. The van der Waals surface area contributed by atoms with Gasteiger partial charge in [0.1, 0.15) is 0 Å². The topological polar surface area (TPSA) is 15.3 Å². The third-order valence-electron chi connectivity index (χ3n) is 5.04. The average Bonchev–Trinajstić information content (AvgIpc) is 2.48. The van der Waals surface area contributed by atoms with E-state index in [1.807, 2.05) is 12.1 Å². The minimum absolute atomic E-state index is 0.436. The Morgan fingerprint density at radius 3 is 2.43 bits per heavy atom. The van der Waals surface area contributed by atoms with Gasteiger partial charge in [-0.2, -0.15) is 0 Å². The van der Waals surface area contributed by atoms with E-state index in [-0.39, 0.29) is 0 Å². The molecule has 1 aliphatic heterocycles. The lowest BCUT2D eigenvalue weighted by atomic mass is 9.74. The van der Waals surface area contributed by atoms with Crippen molar-refractivity contribution in [1.29, 1.82) is 0 Å². The van der Waals surface area contributed by atoms with Crippen LogP contribution >= 0.6 is 11.6 Å². The van der Waals surface area contributed by atoms with Gasteiger partial charge < -0.3 is 5.32 Å². The van der Waals surface area contributed by atoms with Crippen LogP contribution in [-0.4, -0.2) is 31.6 Å². The summed E-state index contributed by atoms with van der Waals surface area (Å²) in [6.07, 6.45) is 5.23. The molecular formula is C18H29ClN2. The first kappa shape index (κ1) is 16.8. The van der Waals surface area contributed by atoms with E-state index in [0.717, 1.165) is 5.02 Å². The molecule has 3 heteroatoms. The van der Waals surface area contributed by atoms with Crippen molar-refractivity contribution < 1.29 is 0 Å². The molecule has 0 saturated carbocycles. The zero-order valence-corrected chi connectivity index (χ0v) is 14.4. The smallest absolute Gasteiger partial charge is 0.0406 e. The van der Waals surface area contributed by atoms with E-state index in [9.17, 15) is 0 Å². The van der Waals surface area contributed by atoms with Gasteiger partial charge in [-0.15, -0.1) is 0 Å². The summed E-state index contributed by atoms with van der Waals surface area (Å²) in [4.78, 5) is 2.52. The van der Waals surface area contributed by atoms with Crippen LogP contribution in [0.4, 0.5) is 0 Å². The van der Waals surface area contributed by atoms with Gasteiger partial charge in [-0.25, -0.2) is 0 Å². The van der Waals surface area contributed by atoms with Crippen molar-refractivity contribution in [1.82, 2.24) is 10.2 Å². The summed E-state index contributed by atoms with van der Waals surface area (Å²) in [5.74, 6) is 0. The molecule has 0 aromatic heterocycles. The zero-order valence-electron chi connectivity index (χ0n) is 13.7. The number of rotatable bonds is 6. The molecule has 2 rings (SSSR count). The summed E-state index contributed by atoms with van der Waals surface area (Å²) >= 11 is 5.99. The Kier molecular flexibility index (Phi) is 6.09. The molecule has 1 aromatic rings. The van der Waals surface area contributed by atoms with Crippen molar-refractivity contribution in [2.75, 3.05) is 26.7 Å². The first-order valence-electron chi connectivity index (χ1n) is 8.23. The van der Waals surface area contributed by atoms with E-state index in [4.69, 9.17) is 11.6 Å². The molecular weight excluding hydrogens is 280 g/mol. The van der Waals surface area contributed by atoms with Crippen LogP contribution in [0.25, 0.3) is 0 Å². The quantitative estimate of drug-likeness (QED) is 0.832. The predicted octanol–water partition coefficient (Wildman–Crippen LogP) is 4.50. The fourth-order valence-corrected chi connectivity index (χ4v) is 3.76. The van der Waals surface area contributed by atoms with Crippen LogP contribution in [0, 0.1) is 5.41 Å². The minimum Gasteiger partial charge on any atom is -0.317 e. The summed E-state index contributed by atoms with van der Waals surface area (Å²) < 4.78 is 0. The molecule has 1 saturated heterocycles. The highest BCUT2D eigenvalue weighted by molar-refractivity contribution is 6.30. The molecule has 1 atom stereocenters. The SMILES string of the molecule is CCCC1(CN(C)C(C)c2ccc(Cl)cc2)CCNCC1. The minimum atomic E-state index is 0.436. The Morgan fingerprint density at radius 1 is 1.24 bits per heavy atom. The standard InChI is InChI=1S/C18H29ClN2/c1-4-9-18(10-12-20-13-11-18)14-21(3)15(2)16-5-7-17(19)8-6-16/h5-8,15,20H,4,9-14H2,1-3H3. The molecule has 1 heterocycles. The largest absolute Gasteiger partial charge is 0.317 e. The molecule has 118 valence electrons. The van der Waals surface area contributed by atoms with Gasteiger partial charge in [0.2, 0.25) is 0 Å². The second kappa shape index (κ2) is 7.62. The fourth-order valence-electron chi connectivity index (χ4n) is 3.64. The van der Waals surface area contributed by atoms with Gasteiger partial charge in [0.15, 0.2) is 0 Å². The first-order valence-corrected chi connectivity index (χ1v) is 8.60. The monoisotopic (exact) mass is 308 g/mol. The summed E-state index contributed by atoms with van der Waals surface area (Å²) in [5, 5.41) is 4.32. The van der Waals surface area contributed by atoms with E-state index in [2.05, 4.69) is 43.2 Å². The maximum absolute atomic E-state index is 5.99. The highest BCUT2D eigenvalue weighted by atomic mass is 35.5. The lowest BCUT2D eigenvalue weighted by Gasteiger charge is -2.42. The third kappa shape index (κ3) is 4.45. The van der Waals surface area contributed by atoms with Crippen molar-refractivity contribution in [3.63, 3.8) is 0 Å². The van der Waals surface area contributed by atoms with E-state index < -0.39 is 0 Å². The summed E-state index contributed by atoms with van der Waals surface area (Å²) in [6, 6.07) is 8.73. The number of hydrogen-bond donors (Lipinski definition) is 1. The number of nitrogens with one attached hydrogen (secondary N) is 1. The van der Waals surface area contributed by atoms with Crippen molar-refractivity contribution in [2.24, 2.45) is 5.41 Å². The summed E-state index contributed by atoms with van der Waals surface area (Å²) in [5.41, 5.74) is 1.84. The van der Waals surface area contributed by atoms with Crippen molar-refractivity contribution in [2.45, 2.75) is 45.6 Å². The van der Waals surface area contributed by atoms with Crippen molar-refractivity contribution in [3.8, 4) is 0 Å². The van der Waals surface area contributed by atoms with Gasteiger partial charge in [-0.3, -0.25) is 4.90 Å². The molecule has 21 heavy (non-hydrogen) atoms. The highest BCUT2D eigenvalue weighted by Crippen LogP contribution is 2.36. The molecule has 1 N–H and O–H groups in total. The normalized spacial score (nSPS) is 19.7. The van der Waals surface area contributed by atoms with Gasteiger partial charge in [0.05, 0.1) is 0 Å². The lowest BCUT2D eigenvalue weighted by Crippen LogP contribution is -2.44. The average molecular weight is 309 g/mol. The van der Waals surface area contributed by atoms with E-state index in [1.165, 1.54) is 50.9 Å². The number of nitrogens with zero attached hydrogens (tertiary/aromatic N) is 1. The molecule has 1 fully saturated rings. The summed E-state index contributed by atoms with van der Waals surface area (Å²) in [6.45, 7) is 8.13. The molecule has 1 aromatic carbocycles. The maximum atomic E-state index is 5.99. The van der Waals surface area contributed by atoms with Gasteiger partial charge in [-0.1, -0.05) is 37.1 Å². The molecule has 0 bridgehead atoms. The predicted molar refractivity (Wildman–Crippen MR) is 91.9 cm³/mol. The second-order valence-electron chi connectivity index (χ2n) is 6.64. The maximum Gasteiger partial charge on any atom is 0.0406 e. The van der Waals surface area contributed by atoms with Crippen molar-refractivity contribution >= 4 is 11.6 Å². The van der Waals surface area contributed by atoms with E-state index in [1.54, 1.807) is 0 Å². The molecule has 2 nitrogen and oxygen atoms in total. The van der Waals surface area contributed by atoms with Crippen LogP contribution in [0.1, 0.15) is 51.1 Å². The van der Waals surface area contributed by atoms with Gasteiger partial charge in [0.25, 0.3) is 0 Å². The van der Waals surface area contributed by atoms with E-state index >= 15 is 0 Å². The second-order valence-corrected chi connectivity index (χ2v) is 7.08. The Morgan fingerprint density at radius 2 is 1.86 bits per heavy atom. The fraction of sp³-hybridized carbons (Fsp3) is 0.667. The molecule has 1 unspecified atom stereocenters. The van der Waals surface area contributed by atoms with Crippen LogP contribution in [0.3, 0.4) is 0 Å². The zero-order chi connectivity index (χ0) is 15.3. The molecule has 0 spiro atoms. The Balaban J connectivity index is 2.03. The van der Waals surface area contributed by atoms with Gasteiger partial charge in [-0.05, 0) is 69.4 Å². The Hall–Kier alpha value is -0.570. The van der Waals surface area contributed by atoms with Crippen LogP contribution in [0.2, 0.25) is 5.02 Å². The van der Waals surface area contributed by atoms with Crippen LogP contribution in [0.15, 0.2) is 24.3 Å². The number of hydrogen-bond acceptors (Lipinski definition) is 2. The molecule has 0 amide bonds. The Bertz CT molecular complexity index is 418. The van der Waals surface area contributed by atoms with Crippen molar-refractivity contribution in [3.05, 3.63) is 34.9 Å². The number of piperidine rings is 1. The lowest BCUT2D eigenvalue weighted by molar-refractivity contribution is 0.0955. The number of benzene rings is 1. The number of halogens is 1. The van der Waals surface area contributed by atoms with Gasteiger partial charge >= 0.3 is 0 Å². The molecule has 0 radical (unpaired) electrons. The summed E-state index contributed by atoms with van der Waals surface area (Å²) in [7, 11) is 2.26. The third-order valence-corrected chi connectivity index (χ3v) is 5.29. The van der Waals surface area contributed by atoms with Crippen LogP contribution in [0.5, 0.6) is 0 Å². The highest BCUT2D eigenvalue weighted by Gasteiger charge is 2.33. The van der Waals surface area contributed by atoms with Gasteiger partial charge in [0, 0.05) is 17.6 Å². The molecule has 0 aliphatic carbocycles. The van der Waals surface area contributed by atoms with E-state index in [0.29, 0.717) is 11.5 Å². The van der Waals surface area contributed by atoms with Crippen LogP contribution < -0.4 is 5.32 Å².